The predicted octanol–water partition coefficient (Wildman–Crippen LogP) is 4.38. The minimum Gasteiger partial charge on any atom is -0.355 e. The lowest BCUT2D eigenvalue weighted by molar-refractivity contribution is 0.0945. The van der Waals surface area contributed by atoms with Gasteiger partial charge in [0.15, 0.2) is 11.5 Å². The number of rotatable bonds is 5. The molecule has 5 nitrogen and oxygen atoms in total. The summed E-state index contributed by atoms with van der Waals surface area (Å²) < 4.78 is 5.30. The molecule has 1 aromatic carbocycles. The molecule has 1 amide bonds. The molecule has 6 heteroatoms. The first-order valence-corrected chi connectivity index (χ1v) is 9.48. The van der Waals surface area contributed by atoms with Crippen molar-refractivity contribution < 1.29 is 9.32 Å². The van der Waals surface area contributed by atoms with Crippen molar-refractivity contribution >= 4 is 17.2 Å². The molecule has 26 heavy (non-hydrogen) atoms. The van der Waals surface area contributed by atoms with Gasteiger partial charge in [0.2, 0.25) is 0 Å². The zero-order chi connectivity index (χ0) is 18.7. The van der Waals surface area contributed by atoms with Crippen molar-refractivity contribution in [1.29, 1.82) is 0 Å². The van der Waals surface area contributed by atoms with Crippen LogP contribution < -0.4 is 5.32 Å². The molecule has 136 valence electrons. The lowest BCUT2D eigenvalue weighted by Gasteiger charge is -2.14. The second-order valence-corrected chi connectivity index (χ2v) is 8.27. The van der Waals surface area contributed by atoms with Crippen LogP contribution in [0.15, 0.2) is 40.2 Å². The first-order chi connectivity index (χ1) is 12.3. The van der Waals surface area contributed by atoms with Crippen molar-refractivity contribution in [2.24, 2.45) is 0 Å². The monoisotopic (exact) mass is 369 g/mol. The van der Waals surface area contributed by atoms with E-state index in [9.17, 15) is 4.79 Å². The van der Waals surface area contributed by atoms with E-state index in [2.05, 4.69) is 41.6 Å². The van der Waals surface area contributed by atoms with Gasteiger partial charge in [0.25, 0.3) is 5.91 Å². The highest BCUT2D eigenvalue weighted by molar-refractivity contribution is 7.09. The SMILES string of the molecule is Cc1ccc(-c2cc(C(=O)NCCc3nc(C(C)(C)C)cs3)no2)cc1. The molecule has 0 aliphatic heterocycles. The maximum Gasteiger partial charge on any atom is 0.273 e. The summed E-state index contributed by atoms with van der Waals surface area (Å²) in [5.41, 5.74) is 3.49. The minimum atomic E-state index is -0.236. The largest absolute Gasteiger partial charge is 0.355 e. The number of benzene rings is 1. The standard InChI is InChI=1S/C20H23N3O2S/c1-13-5-7-14(8-6-13)16-11-15(23-25-16)19(24)21-10-9-18-22-17(12-26-18)20(2,3)4/h5-8,11-12H,9-10H2,1-4H3,(H,21,24). The maximum atomic E-state index is 12.2. The molecule has 0 bridgehead atoms. The van der Waals surface area contributed by atoms with Gasteiger partial charge in [-0.2, -0.15) is 0 Å². The van der Waals surface area contributed by atoms with Crippen LogP contribution in [0.25, 0.3) is 11.3 Å². The molecule has 2 heterocycles. The Morgan fingerprint density at radius 3 is 2.62 bits per heavy atom. The van der Waals surface area contributed by atoms with Crippen molar-refractivity contribution in [3.63, 3.8) is 0 Å². The summed E-state index contributed by atoms with van der Waals surface area (Å²) in [7, 11) is 0. The smallest absolute Gasteiger partial charge is 0.273 e. The van der Waals surface area contributed by atoms with Gasteiger partial charge in [-0.15, -0.1) is 11.3 Å². The number of hydrogen-bond donors (Lipinski definition) is 1. The second-order valence-electron chi connectivity index (χ2n) is 7.32. The Labute approximate surface area is 157 Å². The Morgan fingerprint density at radius 1 is 1.23 bits per heavy atom. The molecule has 0 aliphatic rings. The molecular weight excluding hydrogens is 346 g/mol. The Balaban J connectivity index is 1.56. The molecule has 0 radical (unpaired) electrons. The molecule has 2 aromatic heterocycles. The Bertz CT molecular complexity index is 888. The third-order valence-electron chi connectivity index (χ3n) is 4.02. The van der Waals surface area contributed by atoms with Crippen LogP contribution >= 0.6 is 11.3 Å². The fourth-order valence-corrected chi connectivity index (χ4v) is 3.40. The summed E-state index contributed by atoms with van der Waals surface area (Å²) >= 11 is 1.63. The summed E-state index contributed by atoms with van der Waals surface area (Å²) in [5.74, 6) is 0.351. The normalized spacial score (nSPS) is 11.5. The summed E-state index contributed by atoms with van der Waals surface area (Å²) in [6, 6.07) is 9.57. The minimum absolute atomic E-state index is 0.0467. The molecule has 0 fully saturated rings. The van der Waals surface area contributed by atoms with Gasteiger partial charge < -0.3 is 9.84 Å². The average molecular weight is 369 g/mol. The van der Waals surface area contributed by atoms with Crippen LogP contribution in [-0.4, -0.2) is 22.6 Å². The van der Waals surface area contributed by atoms with E-state index in [4.69, 9.17) is 4.52 Å². The van der Waals surface area contributed by atoms with E-state index in [0.717, 1.165) is 16.3 Å². The summed E-state index contributed by atoms with van der Waals surface area (Å²) in [5, 5.41) is 9.86. The number of nitrogens with one attached hydrogen (secondary N) is 1. The van der Waals surface area contributed by atoms with Gasteiger partial charge in [-0.1, -0.05) is 55.8 Å². The highest BCUT2D eigenvalue weighted by Gasteiger charge is 2.18. The van der Waals surface area contributed by atoms with Crippen LogP contribution in [0, 0.1) is 6.92 Å². The van der Waals surface area contributed by atoms with E-state index >= 15 is 0 Å². The highest BCUT2D eigenvalue weighted by atomic mass is 32.1. The number of carbonyl (C=O) groups is 1. The van der Waals surface area contributed by atoms with Gasteiger partial charge in [-0.25, -0.2) is 4.98 Å². The average Bonchev–Trinajstić information content (AvgIpc) is 3.24. The number of nitrogens with zero attached hydrogens (tertiary/aromatic N) is 2. The van der Waals surface area contributed by atoms with Crippen LogP contribution in [0.2, 0.25) is 0 Å². The predicted molar refractivity (Wildman–Crippen MR) is 104 cm³/mol. The molecule has 3 rings (SSSR count). The van der Waals surface area contributed by atoms with Crippen molar-refractivity contribution in [3.05, 3.63) is 57.7 Å². The maximum absolute atomic E-state index is 12.2. The van der Waals surface area contributed by atoms with Crippen LogP contribution in [0.4, 0.5) is 0 Å². The van der Waals surface area contributed by atoms with E-state index in [-0.39, 0.29) is 17.0 Å². The number of amides is 1. The molecule has 0 unspecified atom stereocenters. The van der Waals surface area contributed by atoms with E-state index in [1.807, 2.05) is 31.2 Å². The Hall–Kier alpha value is -2.47. The number of hydrogen-bond acceptors (Lipinski definition) is 5. The number of carbonyl (C=O) groups excluding carboxylic acids is 1. The third kappa shape index (κ3) is 4.38. The van der Waals surface area contributed by atoms with Gasteiger partial charge >= 0.3 is 0 Å². The molecule has 0 saturated heterocycles. The van der Waals surface area contributed by atoms with Crippen molar-refractivity contribution in [2.45, 2.75) is 39.5 Å². The summed E-state index contributed by atoms with van der Waals surface area (Å²) in [6.45, 7) is 8.97. The molecule has 0 aliphatic carbocycles. The number of thiazole rings is 1. The van der Waals surface area contributed by atoms with Crippen LogP contribution in [-0.2, 0) is 11.8 Å². The highest BCUT2D eigenvalue weighted by Crippen LogP contribution is 2.24. The Kier molecular flexibility index (Phi) is 5.23. The molecule has 0 atom stereocenters. The first kappa shape index (κ1) is 18.3. The van der Waals surface area contributed by atoms with Crippen LogP contribution in [0.1, 0.15) is 47.5 Å². The quantitative estimate of drug-likeness (QED) is 0.725. The zero-order valence-electron chi connectivity index (χ0n) is 15.5. The molecule has 0 spiro atoms. The van der Waals surface area contributed by atoms with E-state index in [0.29, 0.717) is 18.7 Å². The van der Waals surface area contributed by atoms with E-state index in [1.54, 1.807) is 17.4 Å². The van der Waals surface area contributed by atoms with Gasteiger partial charge in [0, 0.05) is 35.4 Å². The van der Waals surface area contributed by atoms with Crippen molar-refractivity contribution in [1.82, 2.24) is 15.5 Å². The number of aromatic nitrogens is 2. The van der Waals surface area contributed by atoms with Gasteiger partial charge in [0.05, 0.1) is 10.7 Å². The fourth-order valence-electron chi connectivity index (χ4n) is 2.38. The molecule has 3 aromatic rings. The van der Waals surface area contributed by atoms with Gasteiger partial charge in [0.1, 0.15) is 0 Å². The topological polar surface area (TPSA) is 68.0 Å². The molecular formula is C20H23N3O2S. The van der Waals surface area contributed by atoms with E-state index in [1.165, 1.54) is 5.56 Å². The van der Waals surface area contributed by atoms with Crippen molar-refractivity contribution in [3.8, 4) is 11.3 Å². The molecule has 0 saturated carbocycles. The number of aryl methyl sites for hydroxylation is 1. The van der Waals surface area contributed by atoms with Crippen LogP contribution in [0.5, 0.6) is 0 Å². The molecule has 1 N–H and O–H groups in total. The summed E-state index contributed by atoms with van der Waals surface area (Å²) in [6.07, 6.45) is 0.704. The zero-order valence-corrected chi connectivity index (χ0v) is 16.3. The van der Waals surface area contributed by atoms with Crippen molar-refractivity contribution in [2.75, 3.05) is 6.54 Å². The third-order valence-corrected chi connectivity index (χ3v) is 4.93. The van der Waals surface area contributed by atoms with E-state index < -0.39 is 0 Å². The lowest BCUT2D eigenvalue weighted by Crippen LogP contribution is -2.26. The fraction of sp³-hybridized carbons (Fsp3) is 0.350. The lowest BCUT2D eigenvalue weighted by atomic mass is 9.93. The summed E-state index contributed by atoms with van der Waals surface area (Å²) in [4.78, 5) is 16.9. The van der Waals surface area contributed by atoms with Gasteiger partial charge in [-0.05, 0) is 6.92 Å². The first-order valence-electron chi connectivity index (χ1n) is 8.60. The van der Waals surface area contributed by atoms with Gasteiger partial charge in [-0.3, -0.25) is 4.79 Å². The second kappa shape index (κ2) is 7.41. The van der Waals surface area contributed by atoms with Crippen LogP contribution in [0.3, 0.4) is 0 Å². The Morgan fingerprint density at radius 2 is 1.96 bits per heavy atom.